The van der Waals surface area contributed by atoms with Gasteiger partial charge < -0.3 is 10.4 Å². The summed E-state index contributed by atoms with van der Waals surface area (Å²) in [4.78, 5) is 23.5. The Morgan fingerprint density at radius 3 is 2.15 bits per heavy atom. The lowest BCUT2D eigenvalue weighted by Gasteiger charge is -2.27. The summed E-state index contributed by atoms with van der Waals surface area (Å²) in [5, 5.41) is 12.1. The van der Waals surface area contributed by atoms with Crippen LogP contribution in [0.15, 0.2) is 30.3 Å². The highest BCUT2D eigenvalue weighted by atomic mass is 32.2. The van der Waals surface area contributed by atoms with Gasteiger partial charge in [-0.3, -0.25) is 4.79 Å². The number of carbonyl (C=O) groups is 2. The van der Waals surface area contributed by atoms with Crippen molar-refractivity contribution in [3.8, 4) is 0 Å². The zero-order valence-corrected chi connectivity index (χ0v) is 13.1. The fraction of sp³-hybridized carbons (Fsp3) is 0.467. The molecule has 0 aliphatic heterocycles. The molecule has 1 unspecified atom stereocenters. The van der Waals surface area contributed by atoms with Gasteiger partial charge in [0.1, 0.15) is 0 Å². The molecule has 0 bridgehead atoms. The summed E-state index contributed by atoms with van der Waals surface area (Å²) in [5.74, 6) is -1.12. The Morgan fingerprint density at radius 1 is 1.15 bits per heavy atom. The van der Waals surface area contributed by atoms with Gasteiger partial charge in [0.05, 0.1) is 5.75 Å². The normalized spacial score (nSPS) is 14.4. The summed E-state index contributed by atoms with van der Waals surface area (Å²) in [6.45, 7) is 7.54. The molecule has 0 aliphatic carbocycles. The van der Waals surface area contributed by atoms with Crippen molar-refractivity contribution in [1.29, 1.82) is 0 Å². The first kappa shape index (κ1) is 16.6. The largest absolute Gasteiger partial charge is 0.479 e. The lowest BCUT2D eigenvalue weighted by molar-refractivity contribution is -0.147. The third-order valence-electron chi connectivity index (χ3n) is 2.80. The van der Waals surface area contributed by atoms with Gasteiger partial charge in [-0.25, -0.2) is 4.79 Å². The summed E-state index contributed by atoms with van der Waals surface area (Å²) in [7, 11) is 0. The second-order valence-electron chi connectivity index (χ2n) is 5.75. The van der Waals surface area contributed by atoms with Gasteiger partial charge in [-0.05, 0) is 12.5 Å². The molecule has 0 saturated carbocycles. The molecule has 1 aromatic rings. The Labute approximate surface area is 124 Å². The molecular formula is C15H21NO3S. The monoisotopic (exact) mass is 295 g/mol. The summed E-state index contributed by atoms with van der Waals surface area (Å²) in [6, 6.07) is 8.72. The molecule has 0 radical (unpaired) electrons. The number of thioether (sulfide) groups is 1. The molecule has 2 N–H and O–H groups in total. The fourth-order valence-corrected chi connectivity index (χ4v) is 2.25. The van der Waals surface area contributed by atoms with Crippen molar-refractivity contribution in [2.24, 2.45) is 0 Å². The van der Waals surface area contributed by atoms with E-state index in [4.69, 9.17) is 0 Å². The smallest absolute Gasteiger partial charge is 0.333 e. The second-order valence-corrected chi connectivity index (χ2v) is 7.55. The summed E-state index contributed by atoms with van der Waals surface area (Å²) < 4.78 is -0.0380. The van der Waals surface area contributed by atoms with Crippen LogP contribution in [0.25, 0.3) is 0 Å². The van der Waals surface area contributed by atoms with Gasteiger partial charge >= 0.3 is 5.97 Å². The summed E-state index contributed by atoms with van der Waals surface area (Å²) in [6.07, 6.45) is 0. The molecule has 0 spiro atoms. The van der Waals surface area contributed by atoms with E-state index in [2.05, 4.69) is 5.32 Å². The standard InChI is InChI=1S/C15H21NO3S/c1-14(2,3)20-10-12(17)16-15(4,13(18)19)11-8-6-5-7-9-11/h5-9H,10H2,1-4H3,(H,16,17)(H,18,19). The van der Waals surface area contributed by atoms with E-state index < -0.39 is 11.5 Å². The highest BCUT2D eigenvalue weighted by Gasteiger charge is 2.36. The van der Waals surface area contributed by atoms with Crippen LogP contribution in [0, 0.1) is 0 Å². The molecular weight excluding hydrogens is 274 g/mol. The predicted molar refractivity (Wildman–Crippen MR) is 81.8 cm³/mol. The van der Waals surface area contributed by atoms with Crippen LogP contribution in [0.2, 0.25) is 0 Å². The van der Waals surface area contributed by atoms with Gasteiger partial charge in [-0.15, -0.1) is 11.8 Å². The van der Waals surface area contributed by atoms with Crippen LogP contribution in [-0.2, 0) is 15.1 Å². The van der Waals surface area contributed by atoms with Crippen LogP contribution < -0.4 is 5.32 Å². The third kappa shape index (κ3) is 4.56. The van der Waals surface area contributed by atoms with Crippen molar-refractivity contribution in [1.82, 2.24) is 5.32 Å². The molecule has 1 rings (SSSR count). The molecule has 5 heteroatoms. The number of amides is 1. The number of hydrogen-bond donors (Lipinski definition) is 2. The Morgan fingerprint density at radius 2 is 1.70 bits per heavy atom. The van der Waals surface area contributed by atoms with Crippen molar-refractivity contribution in [2.75, 3.05) is 5.75 Å². The summed E-state index contributed by atoms with van der Waals surface area (Å²) >= 11 is 1.48. The van der Waals surface area contributed by atoms with Gasteiger partial charge in [0.15, 0.2) is 5.54 Å². The van der Waals surface area contributed by atoms with E-state index in [9.17, 15) is 14.7 Å². The fourth-order valence-electron chi connectivity index (χ4n) is 1.62. The molecule has 110 valence electrons. The van der Waals surface area contributed by atoms with E-state index in [0.717, 1.165) is 0 Å². The van der Waals surface area contributed by atoms with E-state index in [0.29, 0.717) is 5.56 Å². The number of aliphatic carboxylic acids is 1. The number of nitrogens with one attached hydrogen (secondary N) is 1. The van der Waals surface area contributed by atoms with Crippen molar-refractivity contribution in [3.63, 3.8) is 0 Å². The number of hydrogen-bond acceptors (Lipinski definition) is 3. The number of carbonyl (C=O) groups excluding carboxylic acids is 1. The number of carboxylic acids is 1. The highest BCUT2D eigenvalue weighted by molar-refractivity contribution is 8.01. The minimum atomic E-state index is -1.41. The van der Waals surface area contributed by atoms with Gasteiger partial charge in [-0.2, -0.15) is 0 Å². The highest BCUT2D eigenvalue weighted by Crippen LogP contribution is 2.24. The van der Waals surface area contributed by atoms with E-state index in [1.54, 1.807) is 24.3 Å². The molecule has 1 amide bonds. The average molecular weight is 295 g/mol. The maximum absolute atomic E-state index is 12.0. The van der Waals surface area contributed by atoms with E-state index in [-0.39, 0.29) is 16.4 Å². The third-order valence-corrected chi connectivity index (χ3v) is 4.08. The maximum Gasteiger partial charge on any atom is 0.333 e. The molecule has 0 aliphatic rings. The minimum Gasteiger partial charge on any atom is -0.479 e. The first-order valence-electron chi connectivity index (χ1n) is 6.39. The van der Waals surface area contributed by atoms with Gasteiger partial charge in [0, 0.05) is 4.75 Å². The van der Waals surface area contributed by atoms with E-state index >= 15 is 0 Å². The Kier molecular flexibility index (Phi) is 5.22. The number of carboxylic acid groups (broad SMARTS) is 1. The molecule has 0 fully saturated rings. The van der Waals surface area contributed by atoms with Crippen LogP contribution in [0.1, 0.15) is 33.3 Å². The molecule has 4 nitrogen and oxygen atoms in total. The topological polar surface area (TPSA) is 66.4 Å². The van der Waals surface area contributed by atoms with Gasteiger partial charge in [0.2, 0.25) is 5.91 Å². The molecule has 1 atom stereocenters. The van der Waals surface area contributed by atoms with Crippen LogP contribution in [0.5, 0.6) is 0 Å². The molecule has 0 heterocycles. The number of benzene rings is 1. The molecule has 0 saturated heterocycles. The first-order chi connectivity index (χ1) is 9.15. The molecule has 1 aromatic carbocycles. The second kappa shape index (κ2) is 6.31. The number of rotatable bonds is 5. The average Bonchev–Trinajstić information content (AvgIpc) is 2.36. The van der Waals surface area contributed by atoms with E-state index in [1.165, 1.54) is 18.7 Å². The van der Waals surface area contributed by atoms with Gasteiger partial charge in [-0.1, -0.05) is 51.1 Å². The van der Waals surface area contributed by atoms with Gasteiger partial charge in [0.25, 0.3) is 0 Å². The van der Waals surface area contributed by atoms with Crippen molar-refractivity contribution < 1.29 is 14.7 Å². The van der Waals surface area contributed by atoms with Crippen LogP contribution in [0.4, 0.5) is 0 Å². The Balaban J connectivity index is 2.83. The lowest BCUT2D eigenvalue weighted by Crippen LogP contribution is -2.50. The van der Waals surface area contributed by atoms with Crippen LogP contribution in [-0.4, -0.2) is 27.5 Å². The predicted octanol–water partition coefficient (Wildman–Crippen LogP) is 2.63. The Hall–Kier alpha value is -1.49. The molecule has 0 aromatic heterocycles. The summed E-state index contributed by atoms with van der Waals surface area (Å²) in [5.41, 5.74) is -0.849. The first-order valence-corrected chi connectivity index (χ1v) is 7.37. The van der Waals surface area contributed by atoms with Crippen molar-refractivity contribution >= 4 is 23.6 Å². The van der Waals surface area contributed by atoms with Crippen molar-refractivity contribution in [2.45, 2.75) is 38.0 Å². The lowest BCUT2D eigenvalue weighted by atomic mass is 9.92. The van der Waals surface area contributed by atoms with Crippen LogP contribution in [0.3, 0.4) is 0 Å². The molecule has 20 heavy (non-hydrogen) atoms. The SMILES string of the molecule is CC(C)(C)SCC(=O)NC(C)(C(=O)O)c1ccccc1. The minimum absolute atomic E-state index is 0.0380. The van der Waals surface area contributed by atoms with E-state index in [1.807, 2.05) is 26.8 Å². The maximum atomic E-state index is 12.0. The quantitative estimate of drug-likeness (QED) is 0.876. The zero-order chi connectivity index (χ0) is 15.4. The Bertz CT molecular complexity index is 482. The van der Waals surface area contributed by atoms with Crippen LogP contribution >= 0.6 is 11.8 Å². The van der Waals surface area contributed by atoms with Crippen molar-refractivity contribution in [3.05, 3.63) is 35.9 Å². The zero-order valence-electron chi connectivity index (χ0n) is 12.3.